The molecule has 0 spiro atoms. The second-order valence-corrected chi connectivity index (χ2v) is 6.55. The predicted molar refractivity (Wildman–Crippen MR) is 69.5 cm³/mol. The summed E-state index contributed by atoms with van der Waals surface area (Å²) in [5.41, 5.74) is -0.141. The van der Waals surface area contributed by atoms with Gasteiger partial charge in [0.05, 0.1) is 11.3 Å². The quantitative estimate of drug-likeness (QED) is 0.824. The lowest BCUT2D eigenvalue weighted by atomic mass is 10.0. The van der Waals surface area contributed by atoms with Crippen LogP contribution in [0.5, 0.6) is 0 Å². The van der Waals surface area contributed by atoms with E-state index in [4.69, 9.17) is 0 Å². The van der Waals surface area contributed by atoms with E-state index >= 15 is 0 Å². The molecule has 0 aliphatic heterocycles. The fraction of sp³-hybridized carbons (Fsp3) is 0.462. The minimum atomic E-state index is -3.47. The third-order valence-electron chi connectivity index (χ3n) is 3.28. The Morgan fingerprint density at radius 1 is 1.17 bits per heavy atom. The molecule has 1 aliphatic rings. The van der Waals surface area contributed by atoms with E-state index in [2.05, 4.69) is 4.72 Å². The summed E-state index contributed by atoms with van der Waals surface area (Å²) < 4.78 is 26.7. The van der Waals surface area contributed by atoms with Gasteiger partial charge >= 0.3 is 0 Å². The standard InChI is InChI=1S/C13H17NO3S/c15-11-13(8-4-5-9-13)14-18(16,17)10-12-6-2-1-3-7-12/h1-3,6-7,11,14H,4-5,8-10H2. The van der Waals surface area contributed by atoms with E-state index in [1.807, 2.05) is 6.07 Å². The third-order valence-corrected chi connectivity index (χ3v) is 4.71. The largest absolute Gasteiger partial charge is 0.301 e. The van der Waals surface area contributed by atoms with Crippen LogP contribution in [0.2, 0.25) is 0 Å². The Hall–Kier alpha value is -1.20. The van der Waals surface area contributed by atoms with Crippen molar-refractivity contribution in [3.63, 3.8) is 0 Å². The smallest absolute Gasteiger partial charge is 0.216 e. The number of hydrogen-bond donors (Lipinski definition) is 1. The number of hydrogen-bond acceptors (Lipinski definition) is 3. The average molecular weight is 267 g/mol. The summed E-state index contributed by atoms with van der Waals surface area (Å²) in [4.78, 5) is 11.1. The minimum Gasteiger partial charge on any atom is -0.301 e. The highest BCUT2D eigenvalue weighted by molar-refractivity contribution is 7.88. The summed E-state index contributed by atoms with van der Waals surface area (Å²) in [5, 5.41) is 0. The second kappa shape index (κ2) is 5.20. The molecule has 98 valence electrons. The predicted octanol–water partition coefficient (Wildman–Crippen LogP) is 1.62. The van der Waals surface area contributed by atoms with Gasteiger partial charge in [0.15, 0.2) is 0 Å². The van der Waals surface area contributed by atoms with Gasteiger partial charge in [0, 0.05) is 0 Å². The van der Waals surface area contributed by atoms with Crippen molar-refractivity contribution in [3.8, 4) is 0 Å². The molecule has 1 N–H and O–H groups in total. The van der Waals surface area contributed by atoms with Gasteiger partial charge in [0.2, 0.25) is 10.0 Å². The molecule has 1 saturated carbocycles. The molecule has 0 atom stereocenters. The van der Waals surface area contributed by atoms with Crippen molar-refractivity contribution in [3.05, 3.63) is 35.9 Å². The highest BCUT2D eigenvalue weighted by Crippen LogP contribution is 2.28. The molecule has 1 aromatic rings. The first-order valence-electron chi connectivity index (χ1n) is 6.07. The van der Waals surface area contributed by atoms with E-state index in [-0.39, 0.29) is 5.75 Å². The molecule has 4 nitrogen and oxygen atoms in total. The van der Waals surface area contributed by atoms with Gasteiger partial charge in [-0.05, 0) is 18.4 Å². The minimum absolute atomic E-state index is 0.0799. The fourth-order valence-electron chi connectivity index (χ4n) is 2.39. The lowest BCUT2D eigenvalue weighted by molar-refractivity contribution is -0.112. The third kappa shape index (κ3) is 3.17. The molecule has 0 heterocycles. The molecule has 0 saturated heterocycles. The van der Waals surface area contributed by atoms with Crippen molar-refractivity contribution >= 4 is 16.3 Å². The molecule has 0 unspecified atom stereocenters. The van der Waals surface area contributed by atoms with E-state index in [0.29, 0.717) is 12.8 Å². The Labute approximate surface area is 107 Å². The normalized spacial score (nSPS) is 18.7. The van der Waals surface area contributed by atoms with Gasteiger partial charge in [-0.1, -0.05) is 43.2 Å². The van der Waals surface area contributed by atoms with Crippen LogP contribution in [0.3, 0.4) is 0 Å². The molecule has 1 fully saturated rings. The van der Waals surface area contributed by atoms with Gasteiger partial charge in [-0.25, -0.2) is 13.1 Å². The van der Waals surface area contributed by atoms with Crippen LogP contribution in [0.15, 0.2) is 30.3 Å². The molecule has 1 aliphatic carbocycles. The first-order chi connectivity index (χ1) is 8.55. The monoisotopic (exact) mass is 267 g/mol. The van der Waals surface area contributed by atoms with Crippen LogP contribution in [-0.2, 0) is 20.6 Å². The van der Waals surface area contributed by atoms with E-state index in [0.717, 1.165) is 24.7 Å². The maximum atomic E-state index is 12.1. The number of nitrogens with one attached hydrogen (secondary N) is 1. The number of benzene rings is 1. The molecule has 0 amide bonds. The summed E-state index contributed by atoms with van der Waals surface area (Å²) in [5.74, 6) is -0.0799. The highest BCUT2D eigenvalue weighted by Gasteiger charge is 2.37. The molecular weight excluding hydrogens is 250 g/mol. The van der Waals surface area contributed by atoms with Gasteiger partial charge < -0.3 is 4.79 Å². The molecular formula is C13H17NO3S. The van der Waals surface area contributed by atoms with Crippen molar-refractivity contribution in [1.29, 1.82) is 0 Å². The Bertz CT molecular complexity index is 504. The van der Waals surface area contributed by atoms with Crippen LogP contribution in [-0.4, -0.2) is 20.2 Å². The van der Waals surface area contributed by atoms with E-state index in [9.17, 15) is 13.2 Å². The van der Waals surface area contributed by atoms with Crippen LogP contribution < -0.4 is 4.72 Å². The number of rotatable bonds is 5. The number of sulfonamides is 1. The Morgan fingerprint density at radius 3 is 2.33 bits per heavy atom. The van der Waals surface area contributed by atoms with Crippen molar-refractivity contribution in [2.45, 2.75) is 37.0 Å². The van der Waals surface area contributed by atoms with Gasteiger partial charge in [-0.2, -0.15) is 0 Å². The van der Waals surface area contributed by atoms with Gasteiger partial charge in [-0.15, -0.1) is 0 Å². The van der Waals surface area contributed by atoms with Crippen LogP contribution in [0, 0.1) is 0 Å². The number of aldehydes is 1. The topological polar surface area (TPSA) is 63.2 Å². The average Bonchev–Trinajstić information content (AvgIpc) is 2.78. The number of carbonyl (C=O) groups excluding carboxylic acids is 1. The van der Waals surface area contributed by atoms with Crippen LogP contribution in [0.4, 0.5) is 0 Å². The molecule has 0 bridgehead atoms. The van der Waals surface area contributed by atoms with Crippen molar-refractivity contribution in [2.24, 2.45) is 0 Å². The summed E-state index contributed by atoms with van der Waals surface area (Å²) >= 11 is 0. The molecule has 1 aromatic carbocycles. The van der Waals surface area contributed by atoms with Gasteiger partial charge in [0.25, 0.3) is 0 Å². The maximum absolute atomic E-state index is 12.1. The second-order valence-electron chi connectivity index (χ2n) is 4.83. The van der Waals surface area contributed by atoms with Crippen LogP contribution >= 0.6 is 0 Å². The summed E-state index contributed by atoms with van der Waals surface area (Å²) in [6.07, 6.45) is 3.75. The summed E-state index contributed by atoms with van der Waals surface area (Å²) in [6.45, 7) is 0. The zero-order valence-electron chi connectivity index (χ0n) is 10.1. The van der Waals surface area contributed by atoms with Crippen LogP contribution in [0.25, 0.3) is 0 Å². The molecule has 18 heavy (non-hydrogen) atoms. The van der Waals surface area contributed by atoms with Gasteiger partial charge in [0.1, 0.15) is 6.29 Å². The zero-order chi connectivity index (χ0) is 13.1. The molecule has 0 aromatic heterocycles. The summed E-state index contributed by atoms with van der Waals surface area (Å²) in [7, 11) is -3.47. The Morgan fingerprint density at radius 2 is 1.78 bits per heavy atom. The molecule has 2 rings (SSSR count). The first kappa shape index (κ1) is 13.2. The zero-order valence-corrected chi connectivity index (χ0v) is 10.9. The van der Waals surface area contributed by atoms with Gasteiger partial charge in [-0.3, -0.25) is 0 Å². The maximum Gasteiger partial charge on any atom is 0.216 e. The first-order valence-corrected chi connectivity index (χ1v) is 7.72. The van der Waals surface area contributed by atoms with E-state index < -0.39 is 15.6 Å². The van der Waals surface area contributed by atoms with E-state index in [1.165, 1.54) is 0 Å². The SMILES string of the molecule is O=CC1(NS(=O)(=O)Cc2ccccc2)CCCC1. The Kier molecular flexibility index (Phi) is 3.82. The van der Waals surface area contributed by atoms with Crippen molar-refractivity contribution in [1.82, 2.24) is 4.72 Å². The van der Waals surface area contributed by atoms with Crippen molar-refractivity contribution in [2.75, 3.05) is 0 Å². The Balaban J connectivity index is 2.10. The van der Waals surface area contributed by atoms with E-state index in [1.54, 1.807) is 24.3 Å². The summed E-state index contributed by atoms with van der Waals surface area (Å²) in [6, 6.07) is 8.97. The lowest BCUT2D eigenvalue weighted by Gasteiger charge is -2.23. The highest BCUT2D eigenvalue weighted by atomic mass is 32.2. The van der Waals surface area contributed by atoms with Crippen LogP contribution in [0.1, 0.15) is 31.2 Å². The van der Waals surface area contributed by atoms with Crippen molar-refractivity contribution < 1.29 is 13.2 Å². The number of carbonyl (C=O) groups is 1. The molecule has 5 heteroatoms. The lowest BCUT2D eigenvalue weighted by Crippen LogP contribution is -2.47. The fourth-order valence-corrected chi connectivity index (χ4v) is 3.96. The molecule has 0 radical (unpaired) electrons.